The molecule has 0 spiro atoms. The monoisotopic (exact) mass is 511 g/mol. The number of carbonyl (C=O) groups is 3. The van der Waals surface area contributed by atoms with Crippen molar-refractivity contribution in [3.8, 4) is 0 Å². The highest BCUT2D eigenvalue weighted by molar-refractivity contribution is 6.06. The molecule has 1 aromatic carbocycles. The van der Waals surface area contributed by atoms with Crippen molar-refractivity contribution in [2.24, 2.45) is 5.92 Å². The van der Waals surface area contributed by atoms with Gasteiger partial charge in [-0.25, -0.2) is 4.98 Å². The Labute approximate surface area is 218 Å². The van der Waals surface area contributed by atoms with Crippen LogP contribution in [0, 0.1) is 19.8 Å². The average molecular weight is 512 g/mol. The predicted octanol–water partition coefficient (Wildman–Crippen LogP) is 3.06. The lowest BCUT2D eigenvalue weighted by Gasteiger charge is -2.36. The van der Waals surface area contributed by atoms with Crippen LogP contribution in [-0.2, 0) is 9.59 Å². The Morgan fingerprint density at radius 3 is 2.42 bits per heavy atom. The molecule has 1 N–H and O–H groups in total. The fraction of sp³-hybridized carbons (Fsp3) is 0.481. The van der Waals surface area contributed by atoms with Crippen LogP contribution < -0.4 is 15.1 Å². The highest BCUT2D eigenvalue weighted by Gasteiger charge is 2.35. The summed E-state index contributed by atoms with van der Waals surface area (Å²) in [7, 11) is 0. The minimum Gasteiger partial charge on any atom is -0.355 e. The maximum absolute atomic E-state index is 13.7. The predicted molar refractivity (Wildman–Crippen MR) is 142 cm³/mol. The molecule has 0 aliphatic carbocycles. The van der Waals surface area contributed by atoms with Gasteiger partial charge in [-0.3, -0.25) is 14.4 Å². The molecule has 9 heteroatoms. The van der Waals surface area contributed by atoms with Crippen LogP contribution in [0.5, 0.6) is 0 Å². The van der Waals surface area contributed by atoms with Crippen LogP contribution in [0.1, 0.15) is 52.7 Å². The number of piperazine rings is 1. The number of rotatable bonds is 4. The third-order valence-electron chi connectivity index (χ3n) is 7.48. The van der Waals surface area contributed by atoms with Crippen LogP contribution in [-0.4, -0.2) is 66.9 Å². The van der Waals surface area contributed by atoms with Gasteiger partial charge in [0.05, 0.1) is 17.2 Å². The van der Waals surface area contributed by atoms with Gasteiger partial charge in [0.1, 0.15) is 5.82 Å². The van der Waals surface area contributed by atoms with Gasteiger partial charge in [-0.1, -0.05) is 19.1 Å². The molecule has 3 amide bonds. The van der Waals surface area contributed by atoms with Crippen molar-refractivity contribution in [3.05, 3.63) is 52.7 Å². The zero-order valence-electron chi connectivity index (χ0n) is 21.1. The van der Waals surface area contributed by atoms with E-state index in [1.807, 2.05) is 43.1 Å². The van der Waals surface area contributed by atoms with Gasteiger partial charge in [-0.05, 0) is 55.0 Å². The van der Waals surface area contributed by atoms with Crippen molar-refractivity contribution in [3.63, 3.8) is 0 Å². The van der Waals surface area contributed by atoms with Crippen molar-refractivity contribution in [2.45, 2.75) is 39.5 Å². The van der Waals surface area contributed by atoms with Gasteiger partial charge in [0, 0.05) is 51.9 Å². The molecule has 3 aliphatic rings. The SMILES string of the molecule is Cc1cnc(N2CCN(C(=O)c3ccc([C@@H]4C(=O)NCC4C)cc3N3CCCC3=O)CC2)c(C)c1.Cl. The first-order valence-corrected chi connectivity index (χ1v) is 12.5. The number of pyridine rings is 1. The molecule has 3 fully saturated rings. The molecule has 1 unspecified atom stereocenters. The smallest absolute Gasteiger partial charge is 0.256 e. The van der Waals surface area contributed by atoms with E-state index in [2.05, 4.69) is 28.2 Å². The molecule has 2 atom stereocenters. The van der Waals surface area contributed by atoms with Gasteiger partial charge in [-0.15, -0.1) is 12.4 Å². The van der Waals surface area contributed by atoms with Crippen LogP contribution in [0.2, 0.25) is 0 Å². The zero-order valence-corrected chi connectivity index (χ0v) is 21.9. The molecule has 4 heterocycles. The van der Waals surface area contributed by atoms with E-state index >= 15 is 0 Å². The van der Waals surface area contributed by atoms with Crippen molar-refractivity contribution in [1.29, 1.82) is 0 Å². The number of benzene rings is 1. The molecular formula is C27H34ClN5O3. The van der Waals surface area contributed by atoms with E-state index in [1.165, 1.54) is 0 Å². The molecule has 36 heavy (non-hydrogen) atoms. The van der Waals surface area contributed by atoms with Crippen molar-refractivity contribution in [1.82, 2.24) is 15.2 Å². The summed E-state index contributed by atoms with van der Waals surface area (Å²) >= 11 is 0. The van der Waals surface area contributed by atoms with Gasteiger partial charge in [0.15, 0.2) is 0 Å². The lowest BCUT2D eigenvalue weighted by molar-refractivity contribution is -0.120. The Bertz CT molecular complexity index is 1180. The summed E-state index contributed by atoms with van der Waals surface area (Å²) < 4.78 is 0. The first-order valence-electron chi connectivity index (χ1n) is 12.5. The quantitative estimate of drug-likeness (QED) is 0.682. The Balaban J connectivity index is 0.00000304. The Hall–Kier alpha value is -3.13. The summed E-state index contributed by atoms with van der Waals surface area (Å²) in [6.07, 6.45) is 3.14. The molecule has 5 rings (SSSR count). The molecule has 3 saturated heterocycles. The van der Waals surface area contributed by atoms with E-state index in [0.29, 0.717) is 56.9 Å². The minimum atomic E-state index is -0.260. The average Bonchev–Trinajstić information content (AvgIpc) is 3.42. The summed E-state index contributed by atoms with van der Waals surface area (Å²) in [5.41, 5.74) is 4.32. The maximum atomic E-state index is 13.7. The normalized spacial score (nSPS) is 22.0. The third kappa shape index (κ3) is 4.78. The molecular weight excluding hydrogens is 478 g/mol. The first-order chi connectivity index (χ1) is 16.8. The van der Waals surface area contributed by atoms with Gasteiger partial charge in [0.2, 0.25) is 11.8 Å². The molecule has 192 valence electrons. The number of aromatic nitrogens is 1. The number of nitrogens with zero attached hydrogens (tertiary/aromatic N) is 4. The van der Waals surface area contributed by atoms with Gasteiger partial charge < -0.3 is 20.0 Å². The van der Waals surface area contributed by atoms with Crippen LogP contribution >= 0.6 is 12.4 Å². The number of halogens is 1. The standard InChI is InChI=1S/C27H33N5O3.ClH/c1-17-13-18(2)25(28-15-17)30-9-11-31(12-10-30)27(35)21-7-6-20(24-19(3)16-29-26(24)34)14-22(21)32-8-4-5-23(32)33;/h6-7,13-15,19,24H,4-5,8-12,16H2,1-3H3,(H,29,34);1H/t19?,24-;/m1./s1. The van der Waals surface area contributed by atoms with Crippen molar-refractivity contribution >= 4 is 41.6 Å². The summed E-state index contributed by atoms with van der Waals surface area (Å²) in [5, 5.41) is 2.92. The van der Waals surface area contributed by atoms with E-state index in [0.717, 1.165) is 28.9 Å². The van der Waals surface area contributed by atoms with Gasteiger partial charge in [0.25, 0.3) is 5.91 Å². The Kier molecular flexibility index (Phi) is 7.54. The Morgan fingerprint density at radius 1 is 1.06 bits per heavy atom. The fourth-order valence-corrected chi connectivity index (χ4v) is 5.61. The lowest BCUT2D eigenvalue weighted by atomic mass is 9.88. The Morgan fingerprint density at radius 2 is 1.81 bits per heavy atom. The largest absolute Gasteiger partial charge is 0.355 e. The molecule has 0 radical (unpaired) electrons. The topological polar surface area (TPSA) is 85.8 Å². The van der Waals surface area contributed by atoms with E-state index in [-0.39, 0.29) is 42.0 Å². The molecule has 2 aromatic rings. The molecule has 3 aliphatic heterocycles. The molecule has 0 saturated carbocycles. The van der Waals surface area contributed by atoms with E-state index in [4.69, 9.17) is 0 Å². The number of carbonyl (C=O) groups excluding carboxylic acids is 3. The molecule has 1 aromatic heterocycles. The number of amides is 3. The van der Waals surface area contributed by atoms with E-state index < -0.39 is 0 Å². The van der Waals surface area contributed by atoms with E-state index in [9.17, 15) is 14.4 Å². The number of hydrogen-bond donors (Lipinski definition) is 1. The first kappa shape index (κ1) is 25.9. The second kappa shape index (κ2) is 10.5. The van der Waals surface area contributed by atoms with Gasteiger partial charge >= 0.3 is 0 Å². The van der Waals surface area contributed by atoms with Crippen LogP contribution in [0.3, 0.4) is 0 Å². The summed E-state index contributed by atoms with van der Waals surface area (Å²) in [4.78, 5) is 49.2. The van der Waals surface area contributed by atoms with Crippen molar-refractivity contribution in [2.75, 3.05) is 49.1 Å². The summed E-state index contributed by atoms with van der Waals surface area (Å²) in [5.74, 6) is 0.850. The van der Waals surface area contributed by atoms with Crippen molar-refractivity contribution < 1.29 is 14.4 Å². The summed E-state index contributed by atoms with van der Waals surface area (Å²) in [6.45, 7) is 9.98. The molecule has 0 bridgehead atoms. The number of anilines is 2. The third-order valence-corrected chi connectivity index (χ3v) is 7.48. The summed E-state index contributed by atoms with van der Waals surface area (Å²) in [6, 6.07) is 7.73. The van der Waals surface area contributed by atoms with Crippen LogP contribution in [0.4, 0.5) is 11.5 Å². The van der Waals surface area contributed by atoms with E-state index in [1.54, 1.807) is 4.90 Å². The lowest BCUT2D eigenvalue weighted by Crippen LogP contribution is -2.49. The fourth-order valence-electron chi connectivity index (χ4n) is 5.61. The molecule has 8 nitrogen and oxygen atoms in total. The number of nitrogens with one attached hydrogen (secondary N) is 1. The minimum absolute atomic E-state index is 0. The van der Waals surface area contributed by atoms with Gasteiger partial charge in [-0.2, -0.15) is 0 Å². The van der Waals surface area contributed by atoms with Crippen LogP contribution in [0.15, 0.2) is 30.5 Å². The second-order valence-corrected chi connectivity index (χ2v) is 10.1. The second-order valence-electron chi connectivity index (χ2n) is 10.1. The highest BCUT2D eigenvalue weighted by Crippen LogP contribution is 2.35. The van der Waals surface area contributed by atoms with Crippen LogP contribution in [0.25, 0.3) is 0 Å². The highest BCUT2D eigenvalue weighted by atomic mass is 35.5. The maximum Gasteiger partial charge on any atom is 0.256 e. The zero-order chi connectivity index (χ0) is 24.7. The number of hydrogen-bond acceptors (Lipinski definition) is 5. The number of aryl methyl sites for hydroxylation is 2.